The molecule has 0 amide bonds. The lowest BCUT2D eigenvalue weighted by Gasteiger charge is -2.09. The standard InChI is InChI=1S/C13H19NO3/c1-3-17-13-7-5-4-6-11(13)12(15)10-14-8-9-16-2/h4-7,14H,3,8-10H2,1-2H3. The molecule has 17 heavy (non-hydrogen) atoms. The molecule has 1 aromatic rings. The average molecular weight is 237 g/mol. The molecule has 0 aliphatic rings. The number of carbonyl (C=O) groups is 1. The number of ether oxygens (including phenoxy) is 2. The second kappa shape index (κ2) is 7.81. The van der Waals surface area contributed by atoms with Gasteiger partial charge < -0.3 is 14.8 Å². The third-order valence-corrected chi connectivity index (χ3v) is 2.26. The largest absolute Gasteiger partial charge is 0.493 e. The zero-order valence-corrected chi connectivity index (χ0v) is 10.4. The smallest absolute Gasteiger partial charge is 0.180 e. The number of rotatable bonds is 8. The maximum atomic E-state index is 11.9. The predicted octanol–water partition coefficient (Wildman–Crippen LogP) is 1.50. The van der Waals surface area contributed by atoms with Gasteiger partial charge >= 0.3 is 0 Å². The summed E-state index contributed by atoms with van der Waals surface area (Å²) in [6.07, 6.45) is 0. The van der Waals surface area contributed by atoms with Crippen LogP contribution in [0.5, 0.6) is 5.75 Å². The van der Waals surface area contributed by atoms with Gasteiger partial charge in [0.2, 0.25) is 0 Å². The van der Waals surface area contributed by atoms with E-state index in [-0.39, 0.29) is 5.78 Å². The van der Waals surface area contributed by atoms with Gasteiger partial charge in [-0.05, 0) is 19.1 Å². The van der Waals surface area contributed by atoms with E-state index in [9.17, 15) is 4.79 Å². The van der Waals surface area contributed by atoms with Gasteiger partial charge in [0, 0.05) is 13.7 Å². The molecule has 1 N–H and O–H groups in total. The highest BCUT2D eigenvalue weighted by Gasteiger charge is 2.10. The highest BCUT2D eigenvalue weighted by molar-refractivity contribution is 6.00. The van der Waals surface area contributed by atoms with Crippen LogP contribution in [0.3, 0.4) is 0 Å². The van der Waals surface area contributed by atoms with Gasteiger partial charge in [0.15, 0.2) is 5.78 Å². The molecule has 94 valence electrons. The summed E-state index contributed by atoms with van der Waals surface area (Å²) in [7, 11) is 1.63. The SMILES string of the molecule is CCOc1ccccc1C(=O)CNCCOC. The molecule has 4 heteroatoms. The summed E-state index contributed by atoms with van der Waals surface area (Å²) in [6, 6.07) is 7.29. The Morgan fingerprint density at radius 1 is 1.35 bits per heavy atom. The van der Waals surface area contributed by atoms with E-state index in [1.54, 1.807) is 13.2 Å². The molecule has 0 saturated heterocycles. The summed E-state index contributed by atoms with van der Waals surface area (Å²) in [4.78, 5) is 11.9. The van der Waals surface area contributed by atoms with Crippen LogP contribution in [0.1, 0.15) is 17.3 Å². The zero-order chi connectivity index (χ0) is 12.5. The number of carbonyl (C=O) groups excluding carboxylic acids is 1. The Labute approximate surface area is 102 Å². The van der Waals surface area contributed by atoms with E-state index < -0.39 is 0 Å². The van der Waals surface area contributed by atoms with Crippen molar-refractivity contribution in [3.63, 3.8) is 0 Å². The minimum Gasteiger partial charge on any atom is -0.493 e. The van der Waals surface area contributed by atoms with Gasteiger partial charge in [-0.2, -0.15) is 0 Å². The summed E-state index contributed by atoms with van der Waals surface area (Å²) in [6.45, 7) is 4.02. The highest BCUT2D eigenvalue weighted by Crippen LogP contribution is 2.17. The lowest BCUT2D eigenvalue weighted by Crippen LogP contribution is -2.26. The molecular weight excluding hydrogens is 218 g/mol. The van der Waals surface area contributed by atoms with Gasteiger partial charge in [-0.25, -0.2) is 0 Å². The van der Waals surface area contributed by atoms with Crippen LogP contribution in [0.2, 0.25) is 0 Å². The third-order valence-electron chi connectivity index (χ3n) is 2.26. The van der Waals surface area contributed by atoms with Gasteiger partial charge in [0.25, 0.3) is 0 Å². The molecule has 0 atom stereocenters. The van der Waals surface area contributed by atoms with E-state index in [1.165, 1.54) is 0 Å². The van der Waals surface area contributed by atoms with Crippen molar-refractivity contribution in [3.05, 3.63) is 29.8 Å². The molecule has 0 fully saturated rings. The van der Waals surface area contributed by atoms with Crippen LogP contribution in [0.4, 0.5) is 0 Å². The Morgan fingerprint density at radius 3 is 2.82 bits per heavy atom. The number of benzene rings is 1. The number of hydrogen-bond donors (Lipinski definition) is 1. The number of hydrogen-bond acceptors (Lipinski definition) is 4. The molecule has 1 rings (SSSR count). The monoisotopic (exact) mass is 237 g/mol. The molecule has 0 radical (unpaired) electrons. The fourth-order valence-electron chi connectivity index (χ4n) is 1.45. The van der Waals surface area contributed by atoms with Crippen molar-refractivity contribution in [2.24, 2.45) is 0 Å². The van der Waals surface area contributed by atoms with Crippen LogP contribution < -0.4 is 10.1 Å². The molecule has 4 nitrogen and oxygen atoms in total. The number of Topliss-reactive ketones (excluding diaryl/α,β-unsaturated/α-hetero) is 1. The van der Waals surface area contributed by atoms with Crippen molar-refractivity contribution in [2.45, 2.75) is 6.92 Å². The van der Waals surface area contributed by atoms with Gasteiger partial charge in [-0.3, -0.25) is 4.79 Å². The molecule has 0 unspecified atom stereocenters. The number of ketones is 1. The lowest BCUT2D eigenvalue weighted by atomic mass is 10.1. The second-order valence-corrected chi connectivity index (χ2v) is 3.52. The van der Waals surface area contributed by atoms with E-state index >= 15 is 0 Å². The van der Waals surface area contributed by atoms with Crippen molar-refractivity contribution >= 4 is 5.78 Å². The maximum absolute atomic E-state index is 11.9. The van der Waals surface area contributed by atoms with E-state index in [1.807, 2.05) is 25.1 Å². The van der Waals surface area contributed by atoms with Gasteiger partial charge in [0.05, 0.1) is 25.3 Å². The Morgan fingerprint density at radius 2 is 2.12 bits per heavy atom. The first-order chi connectivity index (χ1) is 8.29. The Balaban J connectivity index is 2.55. The molecular formula is C13H19NO3. The summed E-state index contributed by atoms with van der Waals surface area (Å²) in [5, 5.41) is 3.02. The topological polar surface area (TPSA) is 47.6 Å². The van der Waals surface area contributed by atoms with Gasteiger partial charge in [0.1, 0.15) is 5.75 Å². The molecule has 0 aromatic heterocycles. The Bertz CT molecular complexity index is 352. The first kappa shape index (κ1) is 13.7. The summed E-state index contributed by atoms with van der Waals surface area (Å²) >= 11 is 0. The first-order valence-corrected chi connectivity index (χ1v) is 5.74. The molecule has 0 aliphatic heterocycles. The zero-order valence-electron chi connectivity index (χ0n) is 10.4. The van der Waals surface area contributed by atoms with Crippen LogP contribution in [0.25, 0.3) is 0 Å². The van der Waals surface area contributed by atoms with Crippen LogP contribution >= 0.6 is 0 Å². The molecule has 0 spiro atoms. The van der Waals surface area contributed by atoms with E-state index in [0.29, 0.717) is 37.6 Å². The first-order valence-electron chi connectivity index (χ1n) is 5.74. The molecule has 0 aliphatic carbocycles. The average Bonchev–Trinajstić information content (AvgIpc) is 2.35. The van der Waals surface area contributed by atoms with E-state index in [4.69, 9.17) is 9.47 Å². The summed E-state index contributed by atoms with van der Waals surface area (Å²) in [5.41, 5.74) is 0.624. The second-order valence-electron chi connectivity index (χ2n) is 3.52. The highest BCUT2D eigenvalue weighted by atomic mass is 16.5. The molecule has 0 saturated carbocycles. The predicted molar refractivity (Wildman–Crippen MR) is 66.7 cm³/mol. The molecule has 1 aromatic carbocycles. The van der Waals surface area contributed by atoms with Crippen molar-refractivity contribution in [2.75, 3.05) is 33.4 Å². The fourth-order valence-corrected chi connectivity index (χ4v) is 1.45. The third kappa shape index (κ3) is 4.54. The van der Waals surface area contributed by atoms with Crippen molar-refractivity contribution in [3.8, 4) is 5.75 Å². The maximum Gasteiger partial charge on any atom is 0.180 e. The van der Waals surface area contributed by atoms with Gasteiger partial charge in [-0.1, -0.05) is 12.1 Å². The van der Waals surface area contributed by atoms with Crippen molar-refractivity contribution < 1.29 is 14.3 Å². The number of methoxy groups -OCH3 is 1. The number of nitrogens with one attached hydrogen (secondary N) is 1. The summed E-state index contributed by atoms with van der Waals surface area (Å²) in [5.74, 6) is 0.679. The van der Waals surface area contributed by atoms with Crippen molar-refractivity contribution in [1.29, 1.82) is 0 Å². The quantitative estimate of drug-likeness (QED) is 0.550. The minimum absolute atomic E-state index is 0.0325. The van der Waals surface area contributed by atoms with Crippen LogP contribution in [0.15, 0.2) is 24.3 Å². The molecule has 0 bridgehead atoms. The van der Waals surface area contributed by atoms with Crippen LogP contribution in [-0.4, -0.2) is 39.2 Å². The van der Waals surface area contributed by atoms with Gasteiger partial charge in [-0.15, -0.1) is 0 Å². The summed E-state index contributed by atoms with van der Waals surface area (Å²) < 4.78 is 10.3. The fraction of sp³-hybridized carbons (Fsp3) is 0.462. The Kier molecular flexibility index (Phi) is 6.29. The minimum atomic E-state index is 0.0325. The van der Waals surface area contributed by atoms with Crippen molar-refractivity contribution in [1.82, 2.24) is 5.32 Å². The van der Waals surface area contributed by atoms with E-state index in [2.05, 4.69) is 5.32 Å². The van der Waals surface area contributed by atoms with E-state index in [0.717, 1.165) is 0 Å². The number of para-hydroxylation sites is 1. The normalized spacial score (nSPS) is 10.2. The lowest BCUT2D eigenvalue weighted by molar-refractivity contribution is 0.0984. The molecule has 0 heterocycles. The van der Waals surface area contributed by atoms with Crippen LogP contribution in [0, 0.1) is 0 Å². The van der Waals surface area contributed by atoms with Crippen LogP contribution in [-0.2, 0) is 4.74 Å². The Hall–Kier alpha value is -1.39.